The number of nitrogens with zero attached hydrogens (tertiary/aromatic N) is 1. The number of H-pyrrole nitrogens is 2. The van der Waals surface area contributed by atoms with E-state index in [0.29, 0.717) is 6.54 Å². The van der Waals surface area contributed by atoms with Crippen LogP contribution in [0, 0.1) is 0 Å². The smallest absolute Gasteiger partial charge is 0.304 e. The summed E-state index contributed by atoms with van der Waals surface area (Å²) >= 11 is 1.19. The van der Waals surface area contributed by atoms with Crippen LogP contribution < -0.4 is 10.2 Å². The third-order valence-corrected chi connectivity index (χ3v) is 3.46. The maximum Gasteiger partial charge on any atom is 0.304 e. The lowest BCUT2D eigenvalue weighted by molar-refractivity contribution is 0.684. The molecule has 0 unspecified atom stereocenters. The predicted molar refractivity (Wildman–Crippen MR) is 71.6 cm³/mol. The van der Waals surface area contributed by atoms with E-state index in [4.69, 9.17) is 0 Å². The minimum absolute atomic E-state index is 0.0110. The Kier molecular flexibility index (Phi) is 2.95. The van der Waals surface area contributed by atoms with Crippen LogP contribution in [0.3, 0.4) is 0 Å². The van der Waals surface area contributed by atoms with E-state index >= 15 is 0 Å². The predicted octanol–water partition coefficient (Wildman–Crippen LogP) is 1.60. The van der Waals surface area contributed by atoms with Crippen molar-refractivity contribution in [3.05, 3.63) is 50.8 Å². The standard InChI is InChI=1S/C12H12N4OS/c17-12-16-9(7-18-12)6-13-4-8-5-15-11-10(8)2-1-3-14-11/h1-3,5,7,13H,4,6H2,(H,14,15)(H,16,17). The van der Waals surface area contributed by atoms with E-state index in [0.717, 1.165) is 23.3 Å². The van der Waals surface area contributed by atoms with Crippen LogP contribution in [0.4, 0.5) is 0 Å². The van der Waals surface area contributed by atoms with Crippen LogP contribution in [0.15, 0.2) is 34.7 Å². The molecule has 0 spiro atoms. The molecule has 0 saturated heterocycles. The highest BCUT2D eigenvalue weighted by molar-refractivity contribution is 7.07. The summed E-state index contributed by atoms with van der Waals surface area (Å²) in [5.74, 6) is 0. The highest BCUT2D eigenvalue weighted by Gasteiger charge is 2.03. The van der Waals surface area contributed by atoms with Crippen molar-refractivity contribution in [3.63, 3.8) is 0 Å². The normalized spacial score (nSPS) is 11.1. The van der Waals surface area contributed by atoms with Crippen LogP contribution in [0.2, 0.25) is 0 Å². The van der Waals surface area contributed by atoms with Crippen LogP contribution in [0.25, 0.3) is 11.0 Å². The average Bonchev–Trinajstić information content (AvgIpc) is 2.97. The number of thiazole rings is 1. The second-order valence-electron chi connectivity index (χ2n) is 3.99. The molecule has 92 valence electrons. The lowest BCUT2D eigenvalue weighted by Crippen LogP contribution is -2.13. The van der Waals surface area contributed by atoms with E-state index in [1.165, 1.54) is 16.9 Å². The molecule has 0 fully saturated rings. The quantitative estimate of drug-likeness (QED) is 0.667. The Morgan fingerprint density at radius 3 is 3.17 bits per heavy atom. The zero-order chi connectivity index (χ0) is 12.4. The van der Waals surface area contributed by atoms with Gasteiger partial charge in [0.05, 0.1) is 0 Å². The molecule has 3 rings (SSSR count). The van der Waals surface area contributed by atoms with Crippen molar-refractivity contribution in [3.8, 4) is 0 Å². The van der Waals surface area contributed by atoms with Gasteiger partial charge in [0.25, 0.3) is 0 Å². The van der Waals surface area contributed by atoms with E-state index in [1.807, 2.05) is 23.7 Å². The third-order valence-electron chi connectivity index (χ3n) is 2.74. The van der Waals surface area contributed by atoms with Gasteiger partial charge < -0.3 is 15.3 Å². The fourth-order valence-electron chi connectivity index (χ4n) is 1.89. The highest BCUT2D eigenvalue weighted by Crippen LogP contribution is 2.15. The SMILES string of the molecule is O=c1[nH]c(CNCc2c[nH]c3ncccc23)cs1. The largest absolute Gasteiger partial charge is 0.346 e. The third kappa shape index (κ3) is 2.20. The van der Waals surface area contributed by atoms with Gasteiger partial charge in [-0.05, 0) is 17.7 Å². The van der Waals surface area contributed by atoms with Gasteiger partial charge in [0, 0.05) is 41.9 Å². The van der Waals surface area contributed by atoms with Gasteiger partial charge in [0.1, 0.15) is 5.65 Å². The van der Waals surface area contributed by atoms with Crippen molar-refractivity contribution in [1.82, 2.24) is 20.3 Å². The van der Waals surface area contributed by atoms with Crippen molar-refractivity contribution >= 4 is 22.4 Å². The number of aromatic nitrogens is 3. The van der Waals surface area contributed by atoms with Gasteiger partial charge in [-0.2, -0.15) is 0 Å². The molecule has 0 amide bonds. The van der Waals surface area contributed by atoms with Gasteiger partial charge in [0.15, 0.2) is 0 Å². The number of pyridine rings is 1. The molecule has 0 saturated carbocycles. The second-order valence-corrected chi connectivity index (χ2v) is 4.83. The van der Waals surface area contributed by atoms with Gasteiger partial charge in [-0.25, -0.2) is 4.98 Å². The van der Waals surface area contributed by atoms with Gasteiger partial charge in [-0.15, -0.1) is 0 Å². The first kappa shape index (κ1) is 11.2. The molecule has 0 aliphatic carbocycles. The molecule has 3 heterocycles. The maximum atomic E-state index is 11.0. The number of nitrogens with one attached hydrogen (secondary N) is 3. The molecular weight excluding hydrogens is 248 g/mol. The van der Waals surface area contributed by atoms with Gasteiger partial charge in [-0.1, -0.05) is 11.3 Å². The molecule has 18 heavy (non-hydrogen) atoms. The summed E-state index contributed by atoms with van der Waals surface area (Å²) in [5, 5.41) is 6.27. The minimum Gasteiger partial charge on any atom is -0.346 e. The van der Waals surface area contributed by atoms with Crippen molar-refractivity contribution in [2.75, 3.05) is 0 Å². The zero-order valence-electron chi connectivity index (χ0n) is 9.56. The Morgan fingerprint density at radius 1 is 1.39 bits per heavy atom. The summed E-state index contributed by atoms with van der Waals surface area (Å²) in [4.78, 5) is 21.1. The molecule has 0 radical (unpaired) electrons. The monoisotopic (exact) mass is 260 g/mol. The Labute approximate surface area is 107 Å². The lowest BCUT2D eigenvalue weighted by atomic mass is 10.2. The number of aromatic amines is 2. The summed E-state index contributed by atoms with van der Waals surface area (Å²) < 4.78 is 0. The fourth-order valence-corrected chi connectivity index (χ4v) is 2.47. The van der Waals surface area contributed by atoms with E-state index in [1.54, 1.807) is 6.20 Å². The first-order valence-electron chi connectivity index (χ1n) is 5.61. The molecule has 0 bridgehead atoms. The molecule has 3 aromatic rings. The van der Waals surface area contributed by atoms with Gasteiger partial charge >= 0.3 is 4.87 Å². The molecule has 0 aliphatic heterocycles. The minimum atomic E-state index is -0.0110. The molecule has 0 aromatic carbocycles. The summed E-state index contributed by atoms with van der Waals surface area (Å²) in [5.41, 5.74) is 3.00. The van der Waals surface area contributed by atoms with Crippen LogP contribution in [0.5, 0.6) is 0 Å². The van der Waals surface area contributed by atoms with Crippen molar-refractivity contribution in [2.45, 2.75) is 13.1 Å². The molecular formula is C12H12N4OS. The maximum absolute atomic E-state index is 11.0. The van der Waals surface area contributed by atoms with Crippen molar-refractivity contribution < 1.29 is 0 Å². The van der Waals surface area contributed by atoms with E-state index in [-0.39, 0.29) is 4.87 Å². The van der Waals surface area contributed by atoms with Crippen LogP contribution in [-0.4, -0.2) is 15.0 Å². The van der Waals surface area contributed by atoms with Crippen LogP contribution in [0.1, 0.15) is 11.3 Å². The lowest BCUT2D eigenvalue weighted by Gasteiger charge is -2.01. The summed E-state index contributed by atoms with van der Waals surface area (Å²) in [6, 6.07) is 3.97. The summed E-state index contributed by atoms with van der Waals surface area (Å²) in [6.07, 6.45) is 3.73. The number of rotatable bonds is 4. The summed E-state index contributed by atoms with van der Waals surface area (Å²) in [6.45, 7) is 1.40. The first-order chi connectivity index (χ1) is 8.83. The van der Waals surface area contributed by atoms with Crippen molar-refractivity contribution in [2.24, 2.45) is 0 Å². The fraction of sp³-hybridized carbons (Fsp3) is 0.167. The van der Waals surface area contributed by atoms with Crippen LogP contribution >= 0.6 is 11.3 Å². The summed E-state index contributed by atoms with van der Waals surface area (Å²) in [7, 11) is 0. The second kappa shape index (κ2) is 4.75. The van der Waals surface area contributed by atoms with Crippen molar-refractivity contribution in [1.29, 1.82) is 0 Å². The molecule has 6 heteroatoms. The van der Waals surface area contributed by atoms with E-state index in [9.17, 15) is 4.79 Å². The molecule has 0 aliphatic rings. The topological polar surface area (TPSA) is 73.6 Å². The first-order valence-corrected chi connectivity index (χ1v) is 6.49. The Bertz CT molecular complexity index is 712. The molecule has 3 N–H and O–H groups in total. The van der Waals surface area contributed by atoms with E-state index in [2.05, 4.69) is 20.3 Å². The molecule has 5 nitrogen and oxygen atoms in total. The molecule has 0 atom stereocenters. The zero-order valence-corrected chi connectivity index (χ0v) is 10.4. The van der Waals surface area contributed by atoms with Crippen LogP contribution in [-0.2, 0) is 13.1 Å². The Morgan fingerprint density at radius 2 is 2.33 bits per heavy atom. The Hall–Kier alpha value is -1.92. The van der Waals surface area contributed by atoms with E-state index < -0.39 is 0 Å². The van der Waals surface area contributed by atoms with Gasteiger partial charge in [-0.3, -0.25) is 4.79 Å². The number of fused-ring (bicyclic) bond motifs is 1. The number of hydrogen-bond acceptors (Lipinski definition) is 4. The van der Waals surface area contributed by atoms with Gasteiger partial charge in [0.2, 0.25) is 0 Å². The average molecular weight is 260 g/mol. The molecule has 3 aromatic heterocycles. The Balaban J connectivity index is 1.68. The number of hydrogen-bond donors (Lipinski definition) is 3. The highest BCUT2D eigenvalue weighted by atomic mass is 32.1.